The minimum Gasteiger partial charge on any atom is -0.466 e. The molecule has 0 amide bonds. The molecule has 6 heteroatoms. The molecule has 2 atom stereocenters. The Bertz CT molecular complexity index is 370. The van der Waals surface area contributed by atoms with E-state index in [1.54, 1.807) is 0 Å². The summed E-state index contributed by atoms with van der Waals surface area (Å²) in [4.78, 5) is 25.4. The van der Waals surface area contributed by atoms with Crippen LogP contribution in [0.2, 0.25) is 0 Å². The maximum Gasteiger partial charge on any atom is 0.305 e. The molecule has 0 aliphatic heterocycles. The van der Waals surface area contributed by atoms with Crippen LogP contribution in [-0.2, 0) is 14.4 Å². The zero-order chi connectivity index (χ0) is 16.2. The zero-order valence-corrected chi connectivity index (χ0v) is 13.4. The van der Waals surface area contributed by atoms with Gasteiger partial charge in [0.25, 0.3) is 5.09 Å². The van der Waals surface area contributed by atoms with Crippen molar-refractivity contribution in [2.45, 2.75) is 58.3 Å². The lowest BCUT2D eigenvalue weighted by Gasteiger charge is -2.11. The third kappa shape index (κ3) is 8.64. The smallest absolute Gasteiger partial charge is 0.305 e. The van der Waals surface area contributed by atoms with Crippen molar-refractivity contribution < 1.29 is 19.5 Å². The van der Waals surface area contributed by atoms with E-state index in [0.29, 0.717) is 12.8 Å². The number of carbonyl (C=O) groups is 1. The van der Waals surface area contributed by atoms with Crippen LogP contribution in [0.4, 0.5) is 0 Å². The van der Waals surface area contributed by atoms with Gasteiger partial charge in [-0.05, 0) is 37.5 Å². The van der Waals surface area contributed by atoms with E-state index in [-0.39, 0.29) is 19.2 Å². The van der Waals surface area contributed by atoms with Gasteiger partial charge in [-0.2, -0.15) is 0 Å². The Balaban J connectivity index is 1.92. The van der Waals surface area contributed by atoms with Crippen molar-refractivity contribution in [3.05, 3.63) is 22.3 Å². The molecule has 0 aromatic carbocycles. The predicted octanol–water partition coefficient (Wildman–Crippen LogP) is 3.68. The number of rotatable bonds is 11. The Morgan fingerprint density at radius 2 is 2.09 bits per heavy atom. The highest BCUT2D eigenvalue weighted by Gasteiger charge is 2.21. The van der Waals surface area contributed by atoms with Crippen molar-refractivity contribution in [1.82, 2.24) is 0 Å². The number of ether oxygens (including phenoxy) is 1. The van der Waals surface area contributed by atoms with E-state index in [4.69, 9.17) is 4.74 Å². The molecule has 0 N–H and O–H groups in total. The van der Waals surface area contributed by atoms with Gasteiger partial charge in [-0.25, -0.2) is 0 Å². The Hall–Kier alpha value is -1.59. The number of nitrogens with zero attached hydrogens (tertiary/aromatic N) is 1. The van der Waals surface area contributed by atoms with Crippen molar-refractivity contribution in [2.24, 2.45) is 11.8 Å². The van der Waals surface area contributed by atoms with Crippen LogP contribution in [0, 0.1) is 22.0 Å². The van der Waals surface area contributed by atoms with Gasteiger partial charge < -0.3 is 9.57 Å². The fraction of sp³-hybridized carbons (Fsp3) is 0.812. The highest BCUT2D eigenvalue weighted by molar-refractivity contribution is 5.69. The molecular formula is C16H27NO5. The molecule has 126 valence electrons. The quantitative estimate of drug-likeness (QED) is 0.191. The SMILES string of the molecule is CC1CCCC1C/C=C\CCCC(=O)OCCCO[N+](=O)[O-]. The average molecular weight is 313 g/mol. The van der Waals surface area contributed by atoms with Crippen LogP contribution in [0.25, 0.3) is 0 Å². The van der Waals surface area contributed by atoms with E-state index >= 15 is 0 Å². The minimum absolute atomic E-state index is 0.0391. The van der Waals surface area contributed by atoms with Gasteiger partial charge in [0.2, 0.25) is 0 Å². The van der Waals surface area contributed by atoms with E-state index in [0.717, 1.165) is 31.1 Å². The number of hydrogen-bond donors (Lipinski definition) is 0. The lowest BCUT2D eigenvalue weighted by Crippen LogP contribution is -2.09. The number of hydrogen-bond acceptors (Lipinski definition) is 5. The summed E-state index contributed by atoms with van der Waals surface area (Å²) >= 11 is 0. The number of unbranched alkanes of at least 4 members (excludes halogenated alkanes) is 1. The molecule has 0 aromatic rings. The molecule has 1 aliphatic rings. The third-order valence-corrected chi connectivity index (χ3v) is 4.14. The van der Waals surface area contributed by atoms with Crippen LogP contribution < -0.4 is 0 Å². The van der Waals surface area contributed by atoms with Gasteiger partial charge in [-0.1, -0.05) is 31.9 Å². The Morgan fingerprint density at radius 3 is 2.77 bits per heavy atom. The molecule has 2 unspecified atom stereocenters. The average Bonchev–Trinajstić information content (AvgIpc) is 2.87. The van der Waals surface area contributed by atoms with Crippen LogP contribution in [0.3, 0.4) is 0 Å². The highest BCUT2D eigenvalue weighted by atomic mass is 16.9. The summed E-state index contributed by atoms with van der Waals surface area (Å²) in [5.41, 5.74) is 0. The first kappa shape index (κ1) is 18.5. The van der Waals surface area contributed by atoms with Gasteiger partial charge in [0.15, 0.2) is 0 Å². The number of esters is 1. The number of carbonyl (C=O) groups excluding carboxylic acids is 1. The van der Waals surface area contributed by atoms with Crippen LogP contribution in [0.15, 0.2) is 12.2 Å². The monoisotopic (exact) mass is 313 g/mol. The van der Waals surface area contributed by atoms with E-state index in [1.165, 1.54) is 19.3 Å². The van der Waals surface area contributed by atoms with Gasteiger partial charge in [-0.15, -0.1) is 10.1 Å². The summed E-state index contributed by atoms with van der Waals surface area (Å²) in [7, 11) is 0. The first-order chi connectivity index (χ1) is 10.6. The van der Waals surface area contributed by atoms with Gasteiger partial charge in [0.1, 0.15) is 0 Å². The van der Waals surface area contributed by atoms with Gasteiger partial charge in [-0.3, -0.25) is 4.79 Å². The van der Waals surface area contributed by atoms with Crippen molar-refractivity contribution in [3.8, 4) is 0 Å². The summed E-state index contributed by atoms with van der Waals surface area (Å²) in [6, 6.07) is 0. The second-order valence-corrected chi connectivity index (χ2v) is 5.90. The Labute approximate surface area is 132 Å². The minimum atomic E-state index is -0.847. The van der Waals surface area contributed by atoms with Gasteiger partial charge in [0.05, 0.1) is 13.2 Å². The molecule has 1 rings (SSSR count). The lowest BCUT2D eigenvalue weighted by atomic mass is 9.94. The van der Waals surface area contributed by atoms with Crippen molar-refractivity contribution in [3.63, 3.8) is 0 Å². The predicted molar refractivity (Wildman–Crippen MR) is 82.6 cm³/mol. The molecular weight excluding hydrogens is 286 g/mol. The van der Waals surface area contributed by atoms with Crippen LogP contribution in [-0.4, -0.2) is 24.3 Å². The number of allylic oxidation sites excluding steroid dienone is 2. The molecule has 6 nitrogen and oxygen atoms in total. The summed E-state index contributed by atoms with van der Waals surface area (Å²) in [5.74, 6) is 1.43. The van der Waals surface area contributed by atoms with Gasteiger partial charge in [0, 0.05) is 12.8 Å². The largest absolute Gasteiger partial charge is 0.466 e. The van der Waals surface area contributed by atoms with Crippen molar-refractivity contribution in [2.75, 3.05) is 13.2 Å². The maximum atomic E-state index is 11.4. The fourth-order valence-corrected chi connectivity index (χ4v) is 2.78. The third-order valence-electron chi connectivity index (χ3n) is 4.14. The topological polar surface area (TPSA) is 78.7 Å². The Morgan fingerprint density at radius 1 is 1.27 bits per heavy atom. The first-order valence-electron chi connectivity index (χ1n) is 8.17. The summed E-state index contributed by atoms with van der Waals surface area (Å²) in [5, 5.41) is 9.05. The summed E-state index contributed by atoms with van der Waals surface area (Å²) in [6.45, 7) is 2.46. The normalized spacial score (nSPS) is 21.1. The summed E-state index contributed by atoms with van der Waals surface area (Å²) in [6.07, 6.45) is 12.0. The van der Waals surface area contributed by atoms with Crippen molar-refractivity contribution >= 4 is 5.97 Å². The van der Waals surface area contributed by atoms with Gasteiger partial charge >= 0.3 is 5.97 Å². The standard InChI is InChI=1S/C16H27NO5/c1-14-8-6-10-15(14)9-4-2-3-5-11-16(18)21-12-7-13-22-17(19)20/h2,4,14-15H,3,5-13H2,1H3/b4-2-. The molecule has 0 bridgehead atoms. The van der Waals surface area contributed by atoms with Crippen LogP contribution in [0.1, 0.15) is 58.3 Å². The molecule has 0 aromatic heterocycles. The fourth-order valence-electron chi connectivity index (χ4n) is 2.78. The molecule has 1 fully saturated rings. The molecule has 1 aliphatic carbocycles. The van der Waals surface area contributed by atoms with Crippen LogP contribution in [0.5, 0.6) is 0 Å². The second kappa shape index (κ2) is 11.0. The molecule has 0 spiro atoms. The van der Waals surface area contributed by atoms with Crippen molar-refractivity contribution in [1.29, 1.82) is 0 Å². The molecule has 0 heterocycles. The van der Waals surface area contributed by atoms with E-state index in [1.807, 2.05) is 0 Å². The second-order valence-electron chi connectivity index (χ2n) is 5.90. The molecule has 22 heavy (non-hydrogen) atoms. The summed E-state index contributed by atoms with van der Waals surface area (Å²) < 4.78 is 4.96. The van der Waals surface area contributed by atoms with Crippen LogP contribution >= 0.6 is 0 Å². The highest BCUT2D eigenvalue weighted by Crippen LogP contribution is 2.33. The zero-order valence-electron chi connectivity index (χ0n) is 13.4. The molecule has 0 radical (unpaired) electrons. The van der Waals surface area contributed by atoms with E-state index in [9.17, 15) is 14.9 Å². The first-order valence-corrected chi connectivity index (χ1v) is 8.17. The lowest BCUT2D eigenvalue weighted by molar-refractivity contribution is -0.757. The Kier molecular flexibility index (Phi) is 9.26. The van der Waals surface area contributed by atoms with E-state index < -0.39 is 5.09 Å². The molecule has 1 saturated carbocycles. The van der Waals surface area contributed by atoms with E-state index in [2.05, 4.69) is 23.9 Å². The maximum absolute atomic E-state index is 11.4. The molecule has 0 saturated heterocycles.